The van der Waals surface area contributed by atoms with Crippen molar-refractivity contribution in [1.82, 2.24) is 14.8 Å². The Hall–Kier alpha value is -2.03. The molecule has 6 nitrogen and oxygen atoms in total. The van der Waals surface area contributed by atoms with Gasteiger partial charge in [0.1, 0.15) is 6.04 Å². The normalized spacial score (nSPS) is 21.2. The van der Waals surface area contributed by atoms with E-state index in [-0.39, 0.29) is 13.0 Å². The summed E-state index contributed by atoms with van der Waals surface area (Å²) < 4.78 is 38.1. The molecule has 26 heavy (non-hydrogen) atoms. The zero-order chi connectivity index (χ0) is 18.9. The third-order valence-corrected chi connectivity index (χ3v) is 5.02. The standard InChI is InChI=1S/C16H18ClF3N4O2/c17-11-10-21-4-3-12(11)22-6-8-23(9-7-22)14(25)13-2-1-5-24(13)15(26)16(18,19)20/h3-4,10,13H,1-2,5-9H2. The third kappa shape index (κ3) is 3.72. The number of carbonyl (C=O) groups is 2. The lowest BCUT2D eigenvalue weighted by atomic mass is 10.1. The van der Waals surface area contributed by atoms with E-state index in [4.69, 9.17) is 11.6 Å². The van der Waals surface area contributed by atoms with E-state index in [1.54, 1.807) is 12.3 Å². The first kappa shape index (κ1) is 18.8. The number of rotatable bonds is 2. The van der Waals surface area contributed by atoms with Crippen LogP contribution in [0.3, 0.4) is 0 Å². The summed E-state index contributed by atoms with van der Waals surface area (Å²) in [5, 5.41) is 0.505. The van der Waals surface area contributed by atoms with Crippen molar-refractivity contribution in [3.63, 3.8) is 0 Å². The maximum absolute atomic E-state index is 12.7. The van der Waals surface area contributed by atoms with Crippen LogP contribution in [0.15, 0.2) is 18.5 Å². The number of anilines is 1. The monoisotopic (exact) mass is 390 g/mol. The molecule has 2 saturated heterocycles. The highest BCUT2D eigenvalue weighted by Gasteiger charge is 2.48. The zero-order valence-electron chi connectivity index (χ0n) is 13.9. The molecule has 2 aliphatic rings. The van der Waals surface area contributed by atoms with E-state index in [0.29, 0.717) is 42.5 Å². The number of alkyl halides is 3. The van der Waals surface area contributed by atoms with Gasteiger partial charge in [0.2, 0.25) is 5.91 Å². The molecule has 2 amide bonds. The van der Waals surface area contributed by atoms with E-state index in [9.17, 15) is 22.8 Å². The number of hydrogen-bond acceptors (Lipinski definition) is 4. The summed E-state index contributed by atoms with van der Waals surface area (Å²) in [6.45, 7) is 1.70. The average molecular weight is 391 g/mol. The summed E-state index contributed by atoms with van der Waals surface area (Å²) in [5.74, 6) is -2.35. The Morgan fingerprint density at radius 1 is 1.15 bits per heavy atom. The number of hydrogen-bond donors (Lipinski definition) is 0. The highest BCUT2D eigenvalue weighted by Crippen LogP contribution is 2.28. The molecule has 10 heteroatoms. The Labute approximate surface area is 153 Å². The lowest BCUT2D eigenvalue weighted by Crippen LogP contribution is -2.55. The van der Waals surface area contributed by atoms with Gasteiger partial charge in [-0.1, -0.05) is 11.6 Å². The number of nitrogens with zero attached hydrogens (tertiary/aromatic N) is 4. The van der Waals surface area contributed by atoms with Crippen LogP contribution in [-0.4, -0.2) is 71.5 Å². The molecule has 2 fully saturated rings. The van der Waals surface area contributed by atoms with Gasteiger partial charge >= 0.3 is 12.1 Å². The summed E-state index contributed by atoms with van der Waals surface area (Å²) in [6.07, 6.45) is -1.15. The molecule has 1 unspecified atom stereocenters. The Bertz CT molecular complexity index is 692. The minimum absolute atomic E-state index is 0.0403. The van der Waals surface area contributed by atoms with Crippen LogP contribution in [0.5, 0.6) is 0 Å². The number of aromatic nitrogens is 1. The van der Waals surface area contributed by atoms with Crippen molar-refractivity contribution in [3.05, 3.63) is 23.5 Å². The predicted molar refractivity (Wildman–Crippen MR) is 88.8 cm³/mol. The van der Waals surface area contributed by atoms with Crippen molar-refractivity contribution in [1.29, 1.82) is 0 Å². The van der Waals surface area contributed by atoms with E-state index >= 15 is 0 Å². The molecule has 1 aromatic rings. The molecular weight excluding hydrogens is 373 g/mol. The van der Waals surface area contributed by atoms with Crippen LogP contribution in [0.4, 0.5) is 18.9 Å². The maximum atomic E-state index is 12.7. The van der Waals surface area contributed by atoms with Gasteiger partial charge in [0.25, 0.3) is 0 Å². The van der Waals surface area contributed by atoms with Crippen molar-refractivity contribution in [2.24, 2.45) is 0 Å². The number of amides is 2. The summed E-state index contributed by atoms with van der Waals surface area (Å²) in [6, 6.07) is 0.751. The van der Waals surface area contributed by atoms with E-state index in [2.05, 4.69) is 4.98 Å². The fraction of sp³-hybridized carbons (Fsp3) is 0.562. The van der Waals surface area contributed by atoms with Crippen LogP contribution in [0.2, 0.25) is 5.02 Å². The summed E-state index contributed by atoms with van der Waals surface area (Å²) in [4.78, 5) is 32.3. The first-order valence-corrected chi connectivity index (χ1v) is 8.68. The summed E-state index contributed by atoms with van der Waals surface area (Å²) in [7, 11) is 0. The Morgan fingerprint density at radius 3 is 2.46 bits per heavy atom. The number of likely N-dealkylation sites (tertiary alicyclic amines) is 1. The first-order valence-electron chi connectivity index (χ1n) is 8.30. The Morgan fingerprint density at radius 2 is 1.85 bits per heavy atom. The van der Waals surface area contributed by atoms with Crippen molar-refractivity contribution in [2.45, 2.75) is 25.1 Å². The topological polar surface area (TPSA) is 56.8 Å². The summed E-state index contributed by atoms with van der Waals surface area (Å²) in [5.41, 5.74) is 0.809. The van der Waals surface area contributed by atoms with Gasteiger partial charge in [-0.2, -0.15) is 13.2 Å². The van der Waals surface area contributed by atoms with E-state index in [1.165, 1.54) is 11.1 Å². The highest BCUT2D eigenvalue weighted by atomic mass is 35.5. The maximum Gasteiger partial charge on any atom is 0.471 e. The molecule has 0 bridgehead atoms. The minimum Gasteiger partial charge on any atom is -0.367 e. The van der Waals surface area contributed by atoms with E-state index < -0.39 is 24.0 Å². The lowest BCUT2D eigenvalue weighted by Gasteiger charge is -2.38. The third-order valence-electron chi connectivity index (χ3n) is 4.72. The van der Waals surface area contributed by atoms with Crippen LogP contribution >= 0.6 is 11.6 Å². The molecule has 3 heterocycles. The number of carbonyl (C=O) groups excluding carboxylic acids is 2. The molecule has 1 aromatic heterocycles. The number of pyridine rings is 1. The molecule has 3 rings (SSSR count). The van der Waals surface area contributed by atoms with Gasteiger partial charge in [-0.3, -0.25) is 14.6 Å². The van der Waals surface area contributed by atoms with Crippen molar-refractivity contribution in [2.75, 3.05) is 37.6 Å². The SMILES string of the molecule is O=C(C1CCCN1C(=O)C(F)(F)F)N1CCN(c2ccncc2Cl)CC1. The van der Waals surface area contributed by atoms with Gasteiger partial charge in [-0.05, 0) is 18.9 Å². The van der Waals surface area contributed by atoms with E-state index in [0.717, 1.165) is 5.69 Å². The quantitative estimate of drug-likeness (QED) is 0.774. The first-order chi connectivity index (χ1) is 12.3. The second-order valence-corrected chi connectivity index (χ2v) is 6.70. The predicted octanol–water partition coefficient (Wildman–Crippen LogP) is 1.94. The van der Waals surface area contributed by atoms with Crippen LogP contribution in [0.25, 0.3) is 0 Å². The fourth-order valence-corrected chi connectivity index (χ4v) is 3.67. The van der Waals surface area contributed by atoms with Crippen molar-refractivity contribution >= 4 is 29.1 Å². The second-order valence-electron chi connectivity index (χ2n) is 6.29. The van der Waals surface area contributed by atoms with Gasteiger partial charge < -0.3 is 14.7 Å². The Balaban J connectivity index is 1.63. The van der Waals surface area contributed by atoms with Crippen LogP contribution in [0.1, 0.15) is 12.8 Å². The smallest absolute Gasteiger partial charge is 0.367 e. The fourth-order valence-electron chi connectivity index (χ4n) is 3.43. The molecule has 0 radical (unpaired) electrons. The van der Waals surface area contributed by atoms with Gasteiger partial charge in [0, 0.05) is 45.1 Å². The molecule has 142 valence electrons. The van der Waals surface area contributed by atoms with Gasteiger partial charge in [0.15, 0.2) is 0 Å². The largest absolute Gasteiger partial charge is 0.471 e. The van der Waals surface area contributed by atoms with Crippen molar-refractivity contribution in [3.8, 4) is 0 Å². The van der Waals surface area contributed by atoms with Crippen LogP contribution < -0.4 is 4.90 Å². The number of piperazine rings is 1. The van der Waals surface area contributed by atoms with Gasteiger partial charge in [-0.25, -0.2) is 0 Å². The molecule has 0 saturated carbocycles. The van der Waals surface area contributed by atoms with Gasteiger partial charge in [0.05, 0.1) is 10.7 Å². The molecular formula is C16H18ClF3N4O2. The molecule has 2 aliphatic heterocycles. The second kappa shape index (κ2) is 7.30. The van der Waals surface area contributed by atoms with Crippen LogP contribution in [0, 0.1) is 0 Å². The van der Waals surface area contributed by atoms with Crippen LogP contribution in [-0.2, 0) is 9.59 Å². The summed E-state index contributed by atoms with van der Waals surface area (Å²) >= 11 is 6.12. The molecule has 0 N–H and O–H groups in total. The van der Waals surface area contributed by atoms with E-state index in [1.807, 2.05) is 4.90 Å². The number of halogens is 4. The molecule has 0 aliphatic carbocycles. The Kier molecular flexibility index (Phi) is 5.27. The lowest BCUT2D eigenvalue weighted by molar-refractivity contribution is -0.187. The highest BCUT2D eigenvalue weighted by molar-refractivity contribution is 6.33. The molecule has 0 spiro atoms. The minimum atomic E-state index is -4.96. The molecule has 0 aromatic carbocycles. The molecule has 1 atom stereocenters. The zero-order valence-corrected chi connectivity index (χ0v) is 14.6. The van der Waals surface area contributed by atoms with Crippen molar-refractivity contribution < 1.29 is 22.8 Å². The average Bonchev–Trinajstić information content (AvgIpc) is 3.09. The van der Waals surface area contributed by atoms with Gasteiger partial charge in [-0.15, -0.1) is 0 Å².